The molecule has 0 aliphatic carbocycles. The highest BCUT2D eigenvalue weighted by molar-refractivity contribution is 6.09. The van der Waals surface area contributed by atoms with E-state index in [4.69, 9.17) is 0 Å². The number of fused-ring (bicyclic) bond motifs is 1. The fourth-order valence-corrected chi connectivity index (χ4v) is 4.87. The number of rotatable bonds is 9. The number of nitrogens with zero attached hydrogens (tertiary/aromatic N) is 3. The van der Waals surface area contributed by atoms with Crippen LogP contribution < -0.4 is 5.01 Å². The zero-order valence-electron chi connectivity index (χ0n) is 19.4. The lowest BCUT2D eigenvalue weighted by Crippen LogP contribution is -2.50. The van der Waals surface area contributed by atoms with E-state index < -0.39 is 5.41 Å². The second kappa shape index (κ2) is 9.68. The standard InChI is InChI=1S/C28H33N3O/c1-4-30(22-23-14-7-5-8-15-23)31-26-19-12-11-18-25(26)28(27(31)32,20-13-21-29(2)3)24-16-9-6-10-17-24/h5-12,14-19H,4,13,20-22H2,1-3H3/t28-/m1/s1. The molecule has 0 unspecified atom stereocenters. The Morgan fingerprint density at radius 3 is 2.12 bits per heavy atom. The smallest absolute Gasteiger partial charge is 0.256 e. The van der Waals surface area contributed by atoms with E-state index in [0.717, 1.165) is 42.7 Å². The summed E-state index contributed by atoms with van der Waals surface area (Å²) in [7, 11) is 4.18. The van der Waals surface area contributed by atoms with Crippen molar-refractivity contribution in [2.75, 3.05) is 32.2 Å². The molecule has 4 heteroatoms. The molecule has 0 spiro atoms. The Balaban J connectivity index is 1.80. The predicted octanol–water partition coefficient (Wildman–Crippen LogP) is 5.10. The highest BCUT2D eigenvalue weighted by Crippen LogP contribution is 2.49. The third kappa shape index (κ3) is 4.08. The monoisotopic (exact) mass is 427 g/mol. The SMILES string of the molecule is CCN(Cc1ccccc1)N1C(=O)[C@](CCCN(C)C)(c2ccccc2)c2ccccc21. The van der Waals surface area contributed by atoms with Gasteiger partial charge in [0.15, 0.2) is 0 Å². The summed E-state index contributed by atoms with van der Waals surface area (Å²) >= 11 is 0. The number of carbonyl (C=O) groups excluding carboxylic acids is 1. The van der Waals surface area contributed by atoms with Crippen LogP contribution >= 0.6 is 0 Å². The minimum Gasteiger partial charge on any atom is -0.309 e. The summed E-state index contributed by atoms with van der Waals surface area (Å²) in [4.78, 5) is 16.6. The normalized spacial score (nSPS) is 17.9. The first-order valence-corrected chi connectivity index (χ1v) is 11.5. The first kappa shape index (κ1) is 22.3. The molecule has 1 aliphatic rings. The second-order valence-corrected chi connectivity index (χ2v) is 8.78. The first-order chi connectivity index (χ1) is 15.6. The van der Waals surface area contributed by atoms with Gasteiger partial charge in [0.1, 0.15) is 5.41 Å². The molecule has 4 nitrogen and oxygen atoms in total. The average Bonchev–Trinajstić information content (AvgIpc) is 3.07. The van der Waals surface area contributed by atoms with Crippen molar-refractivity contribution < 1.29 is 4.79 Å². The molecular formula is C28H33N3O. The van der Waals surface area contributed by atoms with Gasteiger partial charge in [-0.25, -0.2) is 10.0 Å². The van der Waals surface area contributed by atoms with Crippen molar-refractivity contribution in [2.45, 2.75) is 31.7 Å². The quantitative estimate of drug-likeness (QED) is 0.475. The largest absolute Gasteiger partial charge is 0.309 e. The van der Waals surface area contributed by atoms with E-state index in [9.17, 15) is 4.79 Å². The molecule has 0 fully saturated rings. The number of para-hydroxylation sites is 1. The first-order valence-electron chi connectivity index (χ1n) is 11.5. The maximum Gasteiger partial charge on any atom is 0.256 e. The van der Waals surface area contributed by atoms with Crippen LogP contribution in [0.1, 0.15) is 36.5 Å². The molecule has 0 aromatic heterocycles. The van der Waals surface area contributed by atoms with E-state index in [1.165, 1.54) is 5.56 Å². The maximum absolute atomic E-state index is 14.4. The predicted molar refractivity (Wildman–Crippen MR) is 131 cm³/mol. The number of anilines is 1. The van der Waals surface area contributed by atoms with Crippen molar-refractivity contribution >= 4 is 11.6 Å². The molecule has 3 aromatic rings. The molecule has 1 aliphatic heterocycles. The summed E-state index contributed by atoms with van der Waals surface area (Å²) in [6.07, 6.45) is 1.73. The fourth-order valence-electron chi connectivity index (χ4n) is 4.87. The van der Waals surface area contributed by atoms with E-state index in [1.54, 1.807) is 0 Å². The van der Waals surface area contributed by atoms with Gasteiger partial charge in [-0.2, -0.15) is 0 Å². The van der Waals surface area contributed by atoms with Gasteiger partial charge in [-0.3, -0.25) is 4.79 Å². The molecule has 0 radical (unpaired) electrons. The van der Waals surface area contributed by atoms with Gasteiger partial charge >= 0.3 is 0 Å². The topological polar surface area (TPSA) is 26.8 Å². The molecule has 1 atom stereocenters. The minimum absolute atomic E-state index is 0.154. The van der Waals surface area contributed by atoms with Crippen LogP contribution in [0.15, 0.2) is 84.9 Å². The van der Waals surface area contributed by atoms with Gasteiger partial charge in [-0.05, 0) is 56.2 Å². The molecule has 0 N–H and O–H groups in total. The summed E-state index contributed by atoms with van der Waals surface area (Å²) in [6, 6.07) is 29.1. The van der Waals surface area contributed by atoms with Gasteiger partial charge in [0, 0.05) is 13.1 Å². The summed E-state index contributed by atoms with van der Waals surface area (Å²) in [5.41, 5.74) is 3.72. The van der Waals surface area contributed by atoms with Gasteiger partial charge in [-0.1, -0.05) is 85.8 Å². The van der Waals surface area contributed by atoms with E-state index >= 15 is 0 Å². The van der Waals surface area contributed by atoms with Gasteiger partial charge in [0.25, 0.3) is 5.91 Å². The van der Waals surface area contributed by atoms with Crippen LogP contribution in [-0.4, -0.2) is 43.0 Å². The summed E-state index contributed by atoms with van der Waals surface area (Å²) < 4.78 is 0. The lowest BCUT2D eigenvalue weighted by Gasteiger charge is -2.34. The Labute approximate surface area is 192 Å². The molecule has 3 aromatic carbocycles. The van der Waals surface area contributed by atoms with Crippen LogP contribution in [0.4, 0.5) is 5.69 Å². The number of hydrogen-bond donors (Lipinski definition) is 0. The molecule has 0 bridgehead atoms. The number of amides is 1. The molecule has 166 valence electrons. The third-order valence-corrected chi connectivity index (χ3v) is 6.43. The summed E-state index contributed by atoms with van der Waals surface area (Å²) in [5.74, 6) is 0.154. The van der Waals surface area contributed by atoms with Crippen LogP contribution in [0.25, 0.3) is 0 Å². The van der Waals surface area contributed by atoms with Gasteiger partial charge in [-0.15, -0.1) is 0 Å². The molecule has 4 rings (SSSR count). The Morgan fingerprint density at radius 2 is 1.47 bits per heavy atom. The molecule has 1 amide bonds. The van der Waals surface area contributed by atoms with Crippen molar-refractivity contribution in [3.05, 3.63) is 102 Å². The highest BCUT2D eigenvalue weighted by Gasteiger charge is 2.52. The number of hydrazine groups is 1. The highest BCUT2D eigenvalue weighted by atomic mass is 16.2. The van der Waals surface area contributed by atoms with Crippen LogP contribution in [0, 0.1) is 0 Å². The van der Waals surface area contributed by atoms with Crippen LogP contribution in [-0.2, 0) is 16.8 Å². The third-order valence-electron chi connectivity index (χ3n) is 6.43. The van der Waals surface area contributed by atoms with Gasteiger partial charge in [0.05, 0.1) is 5.69 Å². The van der Waals surface area contributed by atoms with Gasteiger partial charge < -0.3 is 4.90 Å². The van der Waals surface area contributed by atoms with Crippen molar-refractivity contribution in [3.63, 3.8) is 0 Å². The van der Waals surface area contributed by atoms with E-state index in [2.05, 4.69) is 85.5 Å². The lowest BCUT2D eigenvalue weighted by molar-refractivity contribution is -0.125. The Morgan fingerprint density at radius 1 is 0.844 bits per heavy atom. The molecule has 32 heavy (non-hydrogen) atoms. The minimum atomic E-state index is -0.669. The van der Waals surface area contributed by atoms with E-state index in [-0.39, 0.29) is 5.91 Å². The molecular weight excluding hydrogens is 394 g/mol. The van der Waals surface area contributed by atoms with Gasteiger partial charge in [0.2, 0.25) is 0 Å². The average molecular weight is 428 g/mol. The molecule has 1 heterocycles. The Hall–Kier alpha value is -2.95. The number of hydrogen-bond acceptors (Lipinski definition) is 3. The lowest BCUT2D eigenvalue weighted by atomic mass is 9.72. The number of benzene rings is 3. The van der Waals surface area contributed by atoms with Crippen molar-refractivity contribution in [1.82, 2.24) is 9.91 Å². The molecule has 0 saturated carbocycles. The van der Waals surface area contributed by atoms with Crippen LogP contribution in [0.5, 0.6) is 0 Å². The summed E-state index contributed by atoms with van der Waals surface area (Å²) in [5, 5.41) is 4.12. The fraction of sp³-hybridized carbons (Fsp3) is 0.321. The van der Waals surface area contributed by atoms with Crippen molar-refractivity contribution in [2.24, 2.45) is 0 Å². The zero-order chi connectivity index (χ0) is 22.6. The van der Waals surface area contributed by atoms with Crippen molar-refractivity contribution in [3.8, 4) is 0 Å². The molecule has 0 saturated heterocycles. The number of carbonyl (C=O) groups is 1. The second-order valence-electron chi connectivity index (χ2n) is 8.78. The van der Waals surface area contributed by atoms with E-state index in [0.29, 0.717) is 6.54 Å². The summed E-state index contributed by atoms with van der Waals surface area (Å²) in [6.45, 7) is 4.51. The van der Waals surface area contributed by atoms with Crippen molar-refractivity contribution in [1.29, 1.82) is 0 Å². The Bertz CT molecular complexity index is 1030. The Kier molecular flexibility index (Phi) is 6.73. The van der Waals surface area contributed by atoms with Crippen LogP contribution in [0.3, 0.4) is 0 Å². The van der Waals surface area contributed by atoms with Crippen LogP contribution in [0.2, 0.25) is 0 Å². The van der Waals surface area contributed by atoms with E-state index in [1.807, 2.05) is 35.3 Å². The maximum atomic E-state index is 14.4. The zero-order valence-corrected chi connectivity index (χ0v) is 19.4.